The van der Waals surface area contributed by atoms with Gasteiger partial charge in [0.05, 0.1) is 28.6 Å². The summed E-state index contributed by atoms with van der Waals surface area (Å²) in [5.74, 6) is -2.57. The Labute approximate surface area is 220 Å². The van der Waals surface area contributed by atoms with Crippen molar-refractivity contribution in [1.29, 1.82) is 0 Å². The van der Waals surface area contributed by atoms with E-state index < -0.39 is 51.9 Å². The molecule has 5 aliphatic rings. The van der Waals surface area contributed by atoms with Crippen LogP contribution in [0.15, 0.2) is 11.6 Å². The lowest BCUT2D eigenvalue weighted by atomic mass is 9.33. The first kappa shape index (κ1) is 27.1. The van der Waals surface area contributed by atoms with Crippen molar-refractivity contribution in [2.75, 3.05) is 0 Å². The summed E-state index contributed by atoms with van der Waals surface area (Å²) in [5.41, 5.74) is -3.59. The molecule has 5 rings (SSSR count). The minimum absolute atomic E-state index is 0.0155. The van der Waals surface area contributed by atoms with Crippen LogP contribution in [0.3, 0.4) is 0 Å². The molecule has 12 atom stereocenters. The van der Waals surface area contributed by atoms with Gasteiger partial charge in [0.1, 0.15) is 0 Å². The topological polar surface area (TPSA) is 135 Å². The van der Waals surface area contributed by atoms with E-state index in [2.05, 4.69) is 26.8 Å². The second kappa shape index (κ2) is 7.82. The van der Waals surface area contributed by atoms with Gasteiger partial charge in [-0.1, -0.05) is 39.3 Å². The van der Waals surface area contributed by atoms with E-state index >= 15 is 0 Å². The Morgan fingerprint density at radius 3 is 2.14 bits per heavy atom. The maximum absolute atomic E-state index is 12.8. The first-order valence-electron chi connectivity index (χ1n) is 14.2. The average Bonchev–Trinajstić information content (AvgIpc) is 2.80. The molecular formula is C30H46O7. The fourth-order valence-corrected chi connectivity index (χ4v) is 10.9. The molecule has 7 heteroatoms. The predicted octanol–water partition coefficient (Wildman–Crippen LogP) is 4.24. The molecule has 208 valence electrons. The molecule has 0 saturated heterocycles. The Hall–Kier alpha value is -1.44. The fourth-order valence-electron chi connectivity index (χ4n) is 10.9. The van der Waals surface area contributed by atoms with Crippen LogP contribution in [-0.4, -0.2) is 55.3 Å². The minimum Gasteiger partial charge on any atom is -0.481 e. The number of aliphatic carboxylic acids is 2. The molecule has 0 spiro atoms. The number of carbonyl (C=O) groups is 2. The normalized spacial score (nSPS) is 57.2. The highest BCUT2D eigenvalue weighted by Crippen LogP contribution is 2.76. The second-order valence-corrected chi connectivity index (χ2v) is 14.7. The van der Waals surface area contributed by atoms with Gasteiger partial charge in [-0.05, 0) is 99.2 Å². The standard InChI is InChI=1S/C30H46O7/c1-16-9-12-30(24(35)36)14-13-26(3)17(21(30)29(16,6)37)7-8-19-25(2)15-18(31)22(32)28(5,23(33)34)20(25)10-11-27(19,26)4/h7,16,18-22,31-32,37H,8-15H2,1-6H3,(H,33,34)(H,35,36)/t16-,18-,19-,20?,21-,22+,25-,26-,27-,28?,29-,30+/m1/s1. The molecule has 37 heavy (non-hydrogen) atoms. The van der Waals surface area contributed by atoms with Crippen LogP contribution >= 0.6 is 0 Å². The van der Waals surface area contributed by atoms with E-state index in [1.807, 2.05) is 13.8 Å². The number of carboxylic acids is 2. The number of allylic oxidation sites excluding steroid dienone is 1. The smallest absolute Gasteiger partial charge is 0.312 e. The number of rotatable bonds is 2. The van der Waals surface area contributed by atoms with Crippen molar-refractivity contribution in [2.24, 2.45) is 50.7 Å². The molecule has 7 nitrogen and oxygen atoms in total. The lowest BCUT2D eigenvalue weighted by Crippen LogP contribution is -2.70. The fraction of sp³-hybridized carbons (Fsp3) is 0.867. The van der Waals surface area contributed by atoms with E-state index in [1.54, 1.807) is 6.92 Å². The van der Waals surface area contributed by atoms with E-state index in [4.69, 9.17) is 0 Å². The lowest BCUT2D eigenvalue weighted by Gasteiger charge is -2.71. The third kappa shape index (κ3) is 3.00. The maximum Gasteiger partial charge on any atom is 0.312 e. The van der Waals surface area contributed by atoms with Crippen LogP contribution in [0.5, 0.6) is 0 Å². The Balaban J connectivity index is 1.66. The van der Waals surface area contributed by atoms with Crippen LogP contribution < -0.4 is 0 Å². The zero-order chi connectivity index (χ0) is 27.6. The number of fused-ring (bicyclic) bond motifs is 7. The molecule has 0 amide bonds. The van der Waals surface area contributed by atoms with Crippen LogP contribution in [0.2, 0.25) is 0 Å². The summed E-state index contributed by atoms with van der Waals surface area (Å²) in [6.45, 7) is 12.1. The first-order chi connectivity index (χ1) is 16.9. The van der Waals surface area contributed by atoms with E-state index in [0.717, 1.165) is 12.0 Å². The Kier molecular flexibility index (Phi) is 5.73. The minimum atomic E-state index is -1.44. The highest BCUT2D eigenvalue weighted by atomic mass is 16.4. The van der Waals surface area contributed by atoms with Crippen molar-refractivity contribution < 1.29 is 35.1 Å². The molecule has 0 aromatic heterocycles. The van der Waals surface area contributed by atoms with Crippen molar-refractivity contribution in [3.05, 3.63) is 11.6 Å². The highest BCUT2D eigenvalue weighted by Gasteiger charge is 2.73. The van der Waals surface area contributed by atoms with Gasteiger partial charge in [-0.3, -0.25) is 9.59 Å². The Bertz CT molecular complexity index is 1050. The molecule has 2 unspecified atom stereocenters. The van der Waals surface area contributed by atoms with Crippen LogP contribution in [0, 0.1) is 50.7 Å². The molecule has 5 N–H and O–H groups in total. The number of aliphatic hydroxyl groups excluding tert-OH is 2. The molecule has 5 aliphatic carbocycles. The Morgan fingerprint density at radius 2 is 1.54 bits per heavy atom. The number of carboxylic acid groups (broad SMARTS) is 2. The third-order valence-corrected chi connectivity index (χ3v) is 13.6. The van der Waals surface area contributed by atoms with Gasteiger partial charge in [-0.15, -0.1) is 0 Å². The monoisotopic (exact) mass is 518 g/mol. The Morgan fingerprint density at radius 1 is 0.892 bits per heavy atom. The van der Waals surface area contributed by atoms with E-state index in [1.165, 1.54) is 0 Å². The predicted molar refractivity (Wildman–Crippen MR) is 137 cm³/mol. The number of hydrogen-bond donors (Lipinski definition) is 5. The van der Waals surface area contributed by atoms with E-state index in [-0.39, 0.29) is 28.6 Å². The largest absolute Gasteiger partial charge is 0.481 e. The van der Waals surface area contributed by atoms with Crippen LogP contribution in [0.1, 0.15) is 92.9 Å². The van der Waals surface area contributed by atoms with Crippen molar-refractivity contribution in [2.45, 2.75) is 111 Å². The van der Waals surface area contributed by atoms with Crippen LogP contribution in [0.4, 0.5) is 0 Å². The summed E-state index contributed by atoms with van der Waals surface area (Å²) in [6.07, 6.45) is 4.64. The van der Waals surface area contributed by atoms with Gasteiger partial charge in [-0.25, -0.2) is 0 Å². The molecular weight excluding hydrogens is 472 g/mol. The lowest BCUT2D eigenvalue weighted by molar-refractivity contribution is -0.243. The number of aliphatic hydroxyl groups is 3. The number of hydrogen-bond acceptors (Lipinski definition) is 5. The van der Waals surface area contributed by atoms with Gasteiger partial charge >= 0.3 is 11.9 Å². The quantitative estimate of drug-likeness (QED) is 0.345. The SMILES string of the molecule is C[C@@H]1CC[C@]2(C(=O)O)CC[C@]3(C)C(=CC[C@@H]4[C@@]5(C)C[C@@H](O)[C@H](O)C(C)(C(=O)O)C5CC[C@]43C)[C@@H]2[C@]1(C)O. The zero-order valence-corrected chi connectivity index (χ0v) is 23.3. The average molecular weight is 519 g/mol. The second-order valence-electron chi connectivity index (χ2n) is 14.7. The summed E-state index contributed by atoms with van der Waals surface area (Å²) in [4.78, 5) is 25.4. The van der Waals surface area contributed by atoms with Gasteiger partial charge in [0.25, 0.3) is 0 Å². The summed E-state index contributed by atoms with van der Waals surface area (Å²) < 4.78 is 0. The van der Waals surface area contributed by atoms with Gasteiger partial charge in [0.15, 0.2) is 0 Å². The van der Waals surface area contributed by atoms with Crippen molar-refractivity contribution >= 4 is 11.9 Å². The van der Waals surface area contributed by atoms with E-state index in [9.17, 15) is 35.1 Å². The molecule has 0 aromatic rings. The van der Waals surface area contributed by atoms with Gasteiger partial charge in [-0.2, -0.15) is 0 Å². The van der Waals surface area contributed by atoms with Gasteiger partial charge in [0.2, 0.25) is 0 Å². The van der Waals surface area contributed by atoms with Crippen molar-refractivity contribution in [1.82, 2.24) is 0 Å². The molecule has 0 bridgehead atoms. The van der Waals surface area contributed by atoms with Gasteiger partial charge < -0.3 is 25.5 Å². The first-order valence-corrected chi connectivity index (χ1v) is 14.2. The van der Waals surface area contributed by atoms with Gasteiger partial charge in [0, 0.05) is 5.92 Å². The third-order valence-electron chi connectivity index (χ3n) is 13.6. The van der Waals surface area contributed by atoms with Crippen molar-refractivity contribution in [3.8, 4) is 0 Å². The van der Waals surface area contributed by atoms with Crippen molar-refractivity contribution in [3.63, 3.8) is 0 Å². The molecule has 0 aromatic carbocycles. The molecule has 0 aliphatic heterocycles. The summed E-state index contributed by atoms with van der Waals surface area (Å²) in [5, 5.41) is 54.5. The van der Waals surface area contributed by atoms with Crippen LogP contribution in [0.25, 0.3) is 0 Å². The molecule has 4 saturated carbocycles. The zero-order valence-electron chi connectivity index (χ0n) is 23.3. The molecule has 4 fully saturated rings. The summed E-state index contributed by atoms with van der Waals surface area (Å²) in [7, 11) is 0. The maximum atomic E-state index is 12.8. The summed E-state index contributed by atoms with van der Waals surface area (Å²) >= 11 is 0. The van der Waals surface area contributed by atoms with Crippen LogP contribution in [-0.2, 0) is 9.59 Å². The molecule has 0 heterocycles. The molecule has 0 radical (unpaired) electrons. The summed E-state index contributed by atoms with van der Waals surface area (Å²) in [6, 6.07) is 0. The van der Waals surface area contributed by atoms with E-state index in [0.29, 0.717) is 44.9 Å². The highest BCUT2D eigenvalue weighted by molar-refractivity contribution is 5.77.